The summed E-state index contributed by atoms with van der Waals surface area (Å²) in [7, 11) is 1.52. The van der Waals surface area contributed by atoms with Crippen molar-refractivity contribution in [1.82, 2.24) is 5.32 Å². The van der Waals surface area contributed by atoms with Crippen molar-refractivity contribution in [2.24, 2.45) is 0 Å². The molecule has 1 aliphatic rings. The van der Waals surface area contributed by atoms with Gasteiger partial charge < -0.3 is 20.3 Å². The Morgan fingerprint density at radius 2 is 1.92 bits per heavy atom. The van der Waals surface area contributed by atoms with Crippen molar-refractivity contribution in [3.63, 3.8) is 0 Å². The van der Waals surface area contributed by atoms with Gasteiger partial charge in [-0.2, -0.15) is 0 Å². The minimum Gasteiger partial charge on any atom is -0.495 e. The van der Waals surface area contributed by atoms with Crippen LogP contribution in [0, 0.1) is 5.82 Å². The minimum absolute atomic E-state index is 0.116. The standard InChI is InChI=1S/C18H18FN3O3/c1-25-16-5-3-2-4-15(16)21-18(24)20-13-10-17(23)22(11-13)14-8-6-12(19)7-9-14/h2-9,13H,10-11H2,1H3,(H2,20,21,24)/t13-/m0/s1. The molecule has 2 N–H and O–H groups in total. The van der Waals surface area contributed by atoms with Crippen LogP contribution < -0.4 is 20.3 Å². The zero-order valence-corrected chi connectivity index (χ0v) is 13.7. The number of hydrogen-bond donors (Lipinski definition) is 2. The van der Waals surface area contributed by atoms with Gasteiger partial charge >= 0.3 is 6.03 Å². The molecule has 0 spiro atoms. The number of halogens is 1. The summed E-state index contributed by atoms with van der Waals surface area (Å²) in [6, 6.07) is 12.0. The minimum atomic E-state index is -0.414. The van der Waals surface area contributed by atoms with Crippen molar-refractivity contribution in [3.8, 4) is 5.75 Å². The predicted molar refractivity (Wildman–Crippen MR) is 92.3 cm³/mol. The summed E-state index contributed by atoms with van der Waals surface area (Å²) in [5, 5.41) is 5.49. The van der Waals surface area contributed by atoms with Crippen molar-refractivity contribution >= 4 is 23.3 Å². The molecule has 1 heterocycles. The van der Waals surface area contributed by atoms with Gasteiger partial charge in [-0.25, -0.2) is 9.18 Å². The van der Waals surface area contributed by atoms with Crippen LogP contribution in [-0.4, -0.2) is 31.6 Å². The van der Waals surface area contributed by atoms with Gasteiger partial charge in [0.25, 0.3) is 0 Å². The van der Waals surface area contributed by atoms with E-state index in [2.05, 4.69) is 10.6 Å². The van der Waals surface area contributed by atoms with E-state index in [1.165, 1.54) is 24.1 Å². The summed E-state index contributed by atoms with van der Waals surface area (Å²) in [6.45, 7) is 0.337. The number of rotatable bonds is 4. The maximum Gasteiger partial charge on any atom is 0.319 e. The first-order chi connectivity index (χ1) is 12.1. The molecule has 25 heavy (non-hydrogen) atoms. The van der Waals surface area contributed by atoms with Gasteiger partial charge in [0.2, 0.25) is 5.91 Å². The number of carbonyl (C=O) groups excluding carboxylic acids is 2. The maximum absolute atomic E-state index is 13.0. The highest BCUT2D eigenvalue weighted by molar-refractivity contribution is 5.97. The van der Waals surface area contributed by atoms with Crippen LogP contribution in [0.5, 0.6) is 5.75 Å². The fourth-order valence-corrected chi connectivity index (χ4v) is 2.77. The van der Waals surface area contributed by atoms with Crippen LogP contribution >= 0.6 is 0 Å². The molecule has 0 saturated carbocycles. The van der Waals surface area contributed by atoms with Gasteiger partial charge in [-0.1, -0.05) is 12.1 Å². The lowest BCUT2D eigenvalue weighted by atomic mass is 10.2. The molecule has 2 aromatic rings. The van der Waals surface area contributed by atoms with Crippen molar-refractivity contribution < 1.29 is 18.7 Å². The molecule has 3 rings (SSSR count). The van der Waals surface area contributed by atoms with Gasteiger partial charge in [0.1, 0.15) is 11.6 Å². The van der Waals surface area contributed by atoms with E-state index in [9.17, 15) is 14.0 Å². The van der Waals surface area contributed by atoms with Crippen LogP contribution in [0.2, 0.25) is 0 Å². The van der Waals surface area contributed by atoms with Gasteiger partial charge in [-0.3, -0.25) is 4.79 Å². The lowest BCUT2D eigenvalue weighted by Gasteiger charge is -2.17. The number of nitrogens with one attached hydrogen (secondary N) is 2. The lowest BCUT2D eigenvalue weighted by molar-refractivity contribution is -0.117. The van der Waals surface area contributed by atoms with Gasteiger partial charge in [-0.05, 0) is 36.4 Å². The van der Waals surface area contributed by atoms with Crippen molar-refractivity contribution in [2.45, 2.75) is 12.5 Å². The molecular weight excluding hydrogens is 325 g/mol. The zero-order chi connectivity index (χ0) is 17.8. The second kappa shape index (κ2) is 7.21. The van der Waals surface area contributed by atoms with Crippen LogP contribution in [0.3, 0.4) is 0 Å². The highest BCUT2D eigenvalue weighted by atomic mass is 19.1. The number of urea groups is 1. The van der Waals surface area contributed by atoms with Gasteiger partial charge in [0.15, 0.2) is 0 Å². The Bertz CT molecular complexity index is 779. The Kier molecular flexibility index (Phi) is 4.83. The molecule has 0 aliphatic carbocycles. The lowest BCUT2D eigenvalue weighted by Crippen LogP contribution is -2.39. The molecule has 3 amide bonds. The topological polar surface area (TPSA) is 70.7 Å². The number of benzene rings is 2. The fourth-order valence-electron chi connectivity index (χ4n) is 2.77. The monoisotopic (exact) mass is 343 g/mol. The van der Waals surface area contributed by atoms with Crippen LogP contribution in [0.15, 0.2) is 48.5 Å². The zero-order valence-electron chi connectivity index (χ0n) is 13.7. The number of amides is 3. The second-order valence-corrected chi connectivity index (χ2v) is 5.68. The van der Waals surface area contributed by atoms with Crippen LogP contribution in [0.25, 0.3) is 0 Å². The van der Waals surface area contributed by atoms with Crippen LogP contribution in [-0.2, 0) is 4.79 Å². The first-order valence-electron chi connectivity index (χ1n) is 7.83. The molecule has 1 fully saturated rings. The SMILES string of the molecule is COc1ccccc1NC(=O)N[C@H]1CC(=O)N(c2ccc(F)cc2)C1. The van der Waals surface area contributed by atoms with Crippen molar-refractivity contribution in [3.05, 3.63) is 54.3 Å². The fraction of sp³-hybridized carbons (Fsp3) is 0.222. The highest BCUT2D eigenvalue weighted by Crippen LogP contribution is 2.24. The van der Waals surface area contributed by atoms with E-state index in [0.29, 0.717) is 23.7 Å². The molecule has 1 saturated heterocycles. The maximum atomic E-state index is 13.0. The first-order valence-corrected chi connectivity index (χ1v) is 7.83. The number of para-hydroxylation sites is 2. The van der Waals surface area contributed by atoms with E-state index >= 15 is 0 Å². The summed E-state index contributed by atoms with van der Waals surface area (Å²) in [5.74, 6) is 0.0727. The molecule has 0 aromatic heterocycles. The molecule has 2 aromatic carbocycles. The average Bonchev–Trinajstić information content (AvgIpc) is 2.96. The molecule has 0 bridgehead atoms. The number of ether oxygens (including phenoxy) is 1. The van der Waals surface area contributed by atoms with Crippen LogP contribution in [0.4, 0.5) is 20.6 Å². The van der Waals surface area contributed by atoms with Gasteiger partial charge in [0.05, 0.1) is 18.8 Å². The van der Waals surface area contributed by atoms with Gasteiger partial charge in [-0.15, -0.1) is 0 Å². The number of carbonyl (C=O) groups is 2. The van der Waals surface area contributed by atoms with Crippen LogP contribution in [0.1, 0.15) is 6.42 Å². The van der Waals surface area contributed by atoms with E-state index in [1.807, 2.05) is 0 Å². The molecule has 6 nitrogen and oxygen atoms in total. The van der Waals surface area contributed by atoms with E-state index in [0.717, 1.165) is 0 Å². The number of hydrogen-bond acceptors (Lipinski definition) is 3. The molecular formula is C18H18FN3O3. The Hall–Kier alpha value is -3.09. The largest absolute Gasteiger partial charge is 0.495 e. The Morgan fingerprint density at radius 3 is 2.64 bits per heavy atom. The molecule has 130 valence electrons. The third-order valence-electron chi connectivity index (χ3n) is 3.95. The highest BCUT2D eigenvalue weighted by Gasteiger charge is 2.31. The second-order valence-electron chi connectivity index (χ2n) is 5.68. The number of methoxy groups -OCH3 is 1. The van der Waals surface area contributed by atoms with E-state index < -0.39 is 6.03 Å². The molecule has 1 atom stereocenters. The summed E-state index contributed by atoms with van der Waals surface area (Å²) in [6.07, 6.45) is 0.191. The summed E-state index contributed by atoms with van der Waals surface area (Å²) in [5.41, 5.74) is 1.16. The Morgan fingerprint density at radius 1 is 1.20 bits per heavy atom. The Balaban J connectivity index is 1.61. The number of anilines is 2. The number of nitrogens with zero attached hydrogens (tertiary/aromatic N) is 1. The van der Waals surface area contributed by atoms with E-state index in [-0.39, 0.29) is 24.2 Å². The molecule has 0 radical (unpaired) electrons. The third-order valence-corrected chi connectivity index (χ3v) is 3.95. The van der Waals surface area contributed by atoms with E-state index in [1.54, 1.807) is 36.4 Å². The summed E-state index contributed by atoms with van der Waals surface area (Å²) >= 11 is 0. The van der Waals surface area contributed by atoms with Gasteiger partial charge in [0, 0.05) is 18.7 Å². The first kappa shape index (κ1) is 16.8. The molecule has 7 heteroatoms. The smallest absolute Gasteiger partial charge is 0.319 e. The van der Waals surface area contributed by atoms with Crippen molar-refractivity contribution in [2.75, 3.05) is 23.9 Å². The van der Waals surface area contributed by atoms with Crippen molar-refractivity contribution in [1.29, 1.82) is 0 Å². The third kappa shape index (κ3) is 3.88. The normalized spacial score (nSPS) is 16.6. The van der Waals surface area contributed by atoms with E-state index in [4.69, 9.17) is 4.74 Å². The average molecular weight is 343 g/mol. The summed E-state index contributed by atoms with van der Waals surface area (Å²) in [4.78, 5) is 25.9. The quantitative estimate of drug-likeness (QED) is 0.897. The molecule has 0 unspecified atom stereocenters. The predicted octanol–water partition coefficient (Wildman–Crippen LogP) is 2.76. The Labute approximate surface area is 144 Å². The molecule has 1 aliphatic heterocycles. The summed E-state index contributed by atoms with van der Waals surface area (Å²) < 4.78 is 18.2.